The molecule has 0 fully saturated rings. The van der Waals surface area contributed by atoms with Crippen LogP contribution in [0.4, 0.5) is 0 Å². The molecule has 0 heterocycles. The van der Waals surface area contributed by atoms with E-state index in [4.69, 9.17) is 3.07 Å². The second-order valence-corrected chi connectivity index (χ2v) is 9.49. The Morgan fingerprint density at radius 3 is 1.61 bits per heavy atom. The second-order valence-electron chi connectivity index (χ2n) is 6.54. The first-order valence-electron chi connectivity index (χ1n) is 9.59. The molecule has 0 amide bonds. The summed E-state index contributed by atoms with van der Waals surface area (Å²) >= 11 is -1.12. The Bertz CT molecular complexity index is 1030. The topological polar surface area (TPSA) is 9.23 Å². The molecule has 0 spiro atoms. The van der Waals surface area contributed by atoms with Gasteiger partial charge in [-0.15, -0.1) is 0 Å². The molecule has 4 rings (SSSR count). The summed E-state index contributed by atoms with van der Waals surface area (Å²) < 4.78 is 7.37. The Hall–Kier alpha value is -2.36. The molecule has 0 atom stereocenters. The SMILES string of the molecule is CC[O][Sn][c]1ccc(-c2ccccc2)c(-c2ccccc2)c1-c1ccccc1. The van der Waals surface area contributed by atoms with Gasteiger partial charge in [-0.1, -0.05) is 0 Å². The molecule has 1 nitrogen and oxygen atoms in total. The van der Waals surface area contributed by atoms with Crippen LogP contribution in [0.15, 0.2) is 103 Å². The third-order valence-electron chi connectivity index (χ3n) is 4.74. The summed E-state index contributed by atoms with van der Waals surface area (Å²) in [6.45, 7) is 2.86. The predicted octanol–water partition coefficient (Wildman–Crippen LogP) is 5.97. The van der Waals surface area contributed by atoms with Gasteiger partial charge in [0.15, 0.2) is 0 Å². The molecule has 0 unspecified atom stereocenters. The zero-order chi connectivity index (χ0) is 19.2. The fourth-order valence-corrected chi connectivity index (χ4v) is 5.85. The van der Waals surface area contributed by atoms with E-state index in [2.05, 4.69) is 110 Å². The van der Waals surface area contributed by atoms with Gasteiger partial charge in [0, 0.05) is 0 Å². The van der Waals surface area contributed by atoms with E-state index in [0.29, 0.717) is 0 Å². The summed E-state index contributed by atoms with van der Waals surface area (Å²) in [7, 11) is 0. The van der Waals surface area contributed by atoms with Gasteiger partial charge in [0.2, 0.25) is 0 Å². The van der Waals surface area contributed by atoms with Crippen molar-refractivity contribution in [3.63, 3.8) is 0 Å². The molecule has 0 N–H and O–H groups in total. The summed E-state index contributed by atoms with van der Waals surface area (Å²) in [5, 5.41) is 0. The average molecular weight is 469 g/mol. The Morgan fingerprint density at radius 1 is 0.571 bits per heavy atom. The Morgan fingerprint density at radius 2 is 1.07 bits per heavy atom. The van der Waals surface area contributed by atoms with Gasteiger partial charge in [-0.05, 0) is 0 Å². The van der Waals surface area contributed by atoms with Crippen LogP contribution < -0.4 is 3.58 Å². The first-order valence-corrected chi connectivity index (χ1v) is 12.2. The maximum absolute atomic E-state index is 5.99. The van der Waals surface area contributed by atoms with Crippen LogP contribution in [-0.4, -0.2) is 28.2 Å². The minimum atomic E-state index is -1.12. The van der Waals surface area contributed by atoms with E-state index in [1.165, 1.54) is 37.0 Å². The van der Waals surface area contributed by atoms with Crippen molar-refractivity contribution >= 4 is 25.1 Å². The van der Waals surface area contributed by atoms with Gasteiger partial charge in [0.1, 0.15) is 0 Å². The van der Waals surface area contributed by atoms with Gasteiger partial charge in [-0.3, -0.25) is 0 Å². The molecule has 2 heteroatoms. The van der Waals surface area contributed by atoms with Gasteiger partial charge in [0.25, 0.3) is 0 Å². The van der Waals surface area contributed by atoms with Crippen LogP contribution in [0.5, 0.6) is 0 Å². The number of hydrogen-bond acceptors (Lipinski definition) is 1. The van der Waals surface area contributed by atoms with Gasteiger partial charge in [-0.2, -0.15) is 0 Å². The van der Waals surface area contributed by atoms with Crippen LogP contribution >= 0.6 is 0 Å². The maximum atomic E-state index is 5.99. The van der Waals surface area contributed by atoms with Crippen LogP contribution in [0, 0.1) is 0 Å². The van der Waals surface area contributed by atoms with Gasteiger partial charge in [0.05, 0.1) is 0 Å². The molecule has 4 aromatic carbocycles. The quantitative estimate of drug-likeness (QED) is 0.317. The zero-order valence-corrected chi connectivity index (χ0v) is 18.8. The van der Waals surface area contributed by atoms with Crippen molar-refractivity contribution in [3.05, 3.63) is 103 Å². The summed E-state index contributed by atoms with van der Waals surface area (Å²) in [5.74, 6) is 0. The van der Waals surface area contributed by atoms with Gasteiger partial charge < -0.3 is 0 Å². The van der Waals surface area contributed by atoms with Crippen molar-refractivity contribution in [2.75, 3.05) is 6.61 Å². The molecule has 2 radical (unpaired) electrons. The van der Waals surface area contributed by atoms with E-state index in [-0.39, 0.29) is 0 Å². The predicted molar refractivity (Wildman–Crippen MR) is 120 cm³/mol. The first-order chi connectivity index (χ1) is 13.9. The molecule has 0 aliphatic heterocycles. The average Bonchev–Trinajstić information content (AvgIpc) is 2.79. The molecule has 4 aromatic rings. The van der Waals surface area contributed by atoms with E-state index in [9.17, 15) is 0 Å². The molecule has 0 aliphatic carbocycles. The third kappa shape index (κ3) is 4.06. The summed E-state index contributed by atoms with van der Waals surface area (Å²) in [6.07, 6.45) is 0. The number of rotatable bonds is 6. The van der Waals surface area contributed by atoms with E-state index in [1.54, 1.807) is 0 Å². The van der Waals surface area contributed by atoms with Crippen LogP contribution in [0.2, 0.25) is 0 Å². The van der Waals surface area contributed by atoms with Crippen molar-refractivity contribution in [1.82, 2.24) is 0 Å². The fraction of sp³-hybridized carbons (Fsp3) is 0.0769. The van der Waals surface area contributed by atoms with Crippen molar-refractivity contribution in [2.24, 2.45) is 0 Å². The Kier molecular flexibility index (Phi) is 6.25. The van der Waals surface area contributed by atoms with Crippen molar-refractivity contribution in [3.8, 4) is 33.4 Å². The van der Waals surface area contributed by atoms with Crippen LogP contribution in [-0.2, 0) is 3.07 Å². The van der Waals surface area contributed by atoms with E-state index in [0.717, 1.165) is 6.61 Å². The normalized spacial score (nSPS) is 10.8. The van der Waals surface area contributed by atoms with E-state index >= 15 is 0 Å². The Labute approximate surface area is 177 Å². The van der Waals surface area contributed by atoms with E-state index in [1.807, 2.05) is 0 Å². The first kappa shape index (κ1) is 19.0. The van der Waals surface area contributed by atoms with Crippen LogP contribution in [0.25, 0.3) is 33.4 Å². The van der Waals surface area contributed by atoms with Crippen molar-refractivity contribution in [1.29, 1.82) is 0 Å². The number of benzene rings is 4. The standard InChI is InChI=1S/C24H17.C2H5O.Sn/c1-4-11-19(12-5-1)22-17-10-18-23(20-13-6-2-7-14-20)24(22)21-15-8-3-9-16-21;1-2-3;/h1-17H;2H2,1H3;/q;-1;+1. The molecular formula is C26H22OSn. The summed E-state index contributed by atoms with van der Waals surface area (Å²) in [4.78, 5) is 0. The summed E-state index contributed by atoms with van der Waals surface area (Å²) in [6, 6.07) is 36.7. The summed E-state index contributed by atoms with van der Waals surface area (Å²) in [5.41, 5.74) is 7.65. The molecule has 0 aliphatic rings. The van der Waals surface area contributed by atoms with Crippen LogP contribution in [0.1, 0.15) is 6.92 Å². The molecule has 0 bridgehead atoms. The second kappa shape index (κ2) is 9.22. The molecule has 0 saturated heterocycles. The van der Waals surface area contributed by atoms with Crippen molar-refractivity contribution < 1.29 is 3.07 Å². The Balaban J connectivity index is 2.04. The van der Waals surface area contributed by atoms with Crippen molar-refractivity contribution in [2.45, 2.75) is 6.92 Å². The molecule has 0 saturated carbocycles. The molecule has 28 heavy (non-hydrogen) atoms. The number of hydrogen-bond donors (Lipinski definition) is 0. The van der Waals surface area contributed by atoms with Crippen LogP contribution in [0.3, 0.4) is 0 Å². The van der Waals surface area contributed by atoms with E-state index < -0.39 is 21.6 Å². The zero-order valence-electron chi connectivity index (χ0n) is 15.9. The minimum absolute atomic E-state index is 0.779. The monoisotopic (exact) mass is 470 g/mol. The van der Waals surface area contributed by atoms with Gasteiger partial charge >= 0.3 is 178 Å². The fourth-order valence-electron chi connectivity index (χ4n) is 3.51. The molecular weight excluding hydrogens is 447 g/mol. The third-order valence-corrected chi connectivity index (χ3v) is 7.79. The molecule has 0 aromatic heterocycles. The van der Waals surface area contributed by atoms with Gasteiger partial charge in [-0.25, -0.2) is 0 Å². The molecule has 136 valence electrons.